The van der Waals surface area contributed by atoms with Crippen molar-refractivity contribution in [2.75, 3.05) is 0 Å². The molecule has 0 amide bonds. The fourth-order valence-electron chi connectivity index (χ4n) is 3.25. The molecule has 0 aromatic heterocycles. The molecule has 0 aliphatic rings. The first-order valence-corrected chi connectivity index (χ1v) is 10.9. The molecule has 0 aliphatic carbocycles. The van der Waals surface area contributed by atoms with Crippen molar-refractivity contribution in [1.29, 1.82) is 0 Å². The van der Waals surface area contributed by atoms with Crippen LogP contribution in [0.3, 0.4) is 0 Å². The zero-order chi connectivity index (χ0) is 21.8. The third kappa shape index (κ3) is 7.06. The topological polar surface area (TPSA) is 0 Å². The molecule has 154 valence electrons. The molecule has 1 atom stereocenters. The lowest BCUT2D eigenvalue weighted by Gasteiger charge is -2.18. The van der Waals surface area contributed by atoms with Gasteiger partial charge in [0.2, 0.25) is 0 Å². The summed E-state index contributed by atoms with van der Waals surface area (Å²) in [4.78, 5) is 0. The first-order chi connectivity index (χ1) is 14.0. The second kappa shape index (κ2) is 12.8. The standard InChI is InChI=1S/C25H26.2C2H6/c1-18-10-12-22(13-11-18)16-19(2)21(4)24-14-15-25(20(3)17-24)23-8-6-5-7-9-23;2*1-2/h5-15,17,21H,2,16H2,1,3-4H3;2*1-2H3. The van der Waals surface area contributed by atoms with E-state index in [0.717, 1.165) is 6.42 Å². The van der Waals surface area contributed by atoms with Gasteiger partial charge in [0.25, 0.3) is 0 Å². The maximum atomic E-state index is 4.36. The van der Waals surface area contributed by atoms with Gasteiger partial charge >= 0.3 is 0 Å². The van der Waals surface area contributed by atoms with Crippen molar-refractivity contribution in [1.82, 2.24) is 0 Å². The third-order valence-electron chi connectivity index (χ3n) is 5.00. The van der Waals surface area contributed by atoms with Crippen LogP contribution in [0.1, 0.15) is 62.8 Å². The van der Waals surface area contributed by atoms with Gasteiger partial charge in [-0.05, 0) is 48.1 Å². The molecule has 0 saturated heterocycles. The van der Waals surface area contributed by atoms with E-state index in [1.165, 1.54) is 39.0 Å². The van der Waals surface area contributed by atoms with Gasteiger partial charge in [-0.2, -0.15) is 0 Å². The third-order valence-corrected chi connectivity index (χ3v) is 5.00. The molecule has 3 rings (SSSR count). The van der Waals surface area contributed by atoms with Crippen LogP contribution >= 0.6 is 0 Å². The van der Waals surface area contributed by atoms with E-state index in [0.29, 0.717) is 5.92 Å². The van der Waals surface area contributed by atoms with Crippen molar-refractivity contribution < 1.29 is 0 Å². The summed E-state index contributed by atoms with van der Waals surface area (Å²) in [5.74, 6) is 0.352. The normalized spacial score (nSPS) is 10.7. The molecule has 0 heterocycles. The summed E-state index contributed by atoms with van der Waals surface area (Å²) in [5.41, 5.74) is 9.14. The summed E-state index contributed by atoms with van der Waals surface area (Å²) in [5, 5.41) is 0. The van der Waals surface area contributed by atoms with E-state index in [-0.39, 0.29) is 0 Å². The molecule has 0 radical (unpaired) electrons. The first kappa shape index (κ1) is 24.4. The van der Waals surface area contributed by atoms with Crippen LogP contribution in [0.2, 0.25) is 0 Å². The fourth-order valence-corrected chi connectivity index (χ4v) is 3.25. The summed E-state index contributed by atoms with van der Waals surface area (Å²) in [7, 11) is 0. The summed E-state index contributed by atoms with van der Waals surface area (Å²) < 4.78 is 0. The highest BCUT2D eigenvalue weighted by molar-refractivity contribution is 5.67. The summed E-state index contributed by atoms with van der Waals surface area (Å²) in [6.07, 6.45) is 0.931. The van der Waals surface area contributed by atoms with Crippen LogP contribution in [-0.4, -0.2) is 0 Å². The number of hydrogen-bond acceptors (Lipinski definition) is 0. The van der Waals surface area contributed by atoms with Crippen molar-refractivity contribution in [3.63, 3.8) is 0 Å². The van der Waals surface area contributed by atoms with Gasteiger partial charge in [-0.1, -0.05) is 125 Å². The van der Waals surface area contributed by atoms with Gasteiger partial charge in [-0.25, -0.2) is 0 Å². The maximum Gasteiger partial charge on any atom is 0.00205 e. The molecule has 1 unspecified atom stereocenters. The monoisotopic (exact) mass is 386 g/mol. The molecule has 0 fully saturated rings. The summed E-state index contributed by atoms with van der Waals surface area (Å²) >= 11 is 0. The van der Waals surface area contributed by atoms with Crippen LogP contribution in [-0.2, 0) is 6.42 Å². The maximum absolute atomic E-state index is 4.36. The molecule has 29 heavy (non-hydrogen) atoms. The molecule has 3 aromatic carbocycles. The van der Waals surface area contributed by atoms with Gasteiger partial charge in [0.15, 0.2) is 0 Å². The molecular weight excluding hydrogens is 348 g/mol. The molecule has 0 heteroatoms. The Morgan fingerprint density at radius 1 is 0.793 bits per heavy atom. The van der Waals surface area contributed by atoms with Crippen molar-refractivity contribution in [3.05, 3.63) is 107 Å². The van der Waals surface area contributed by atoms with Gasteiger partial charge in [0, 0.05) is 5.92 Å². The first-order valence-electron chi connectivity index (χ1n) is 10.9. The summed E-state index contributed by atoms with van der Waals surface area (Å²) in [6, 6.07) is 26.1. The lowest BCUT2D eigenvalue weighted by Crippen LogP contribution is -2.01. The average molecular weight is 387 g/mol. The van der Waals surface area contributed by atoms with Gasteiger partial charge in [-0.15, -0.1) is 0 Å². The minimum atomic E-state index is 0.352. The second-order valence-corrected chi connectivity index (χ2v) is 6.98. The van der Waals surface area contributed by atoms with E-state index in [2.05, 4.69) is 100 Å². The lowest BCUT2D eigenvalue weighted by atomic mass is 9.87. The molecule has 0 nitrogen and oxygen atoms in total. The highest BCUT2D eigenvalue weighted by atomic mass is 14.2. The smallest absolute Gasteiger partial charge is 0.00205 e. The highest BCUT2D eigenvalue weighted by Gasteiger charge is 2.12. The number of benzene rings is 3. The van der Waals surface area contributed by atoms with Crippen LogP contribution in [0.25, 0.3) is 11.1 Å². The molecule has 0 bridgehead atoms. The Balaban J connectivity index is 0.000000989. The van der Waals surface area contributed by atoms with E-state index < -0.39 is 0 Å². The van der Waals surface area contributed by atoms with Gasteiger partial charge in [0.1, 0.15) is 0 Å². The molecule has 3 aromatic rings. The molecule has 0 N–H and O–H groups in total. The van der Waals surface area contributed by atoms with E-state index >= 15 is 0 Å². The summed E-state index contributed by atoms with van der Waals surface area (Å²) in [6.45, 7) is 18.9. The van der Waals surface area contributed by atoms with Gasteiger partial charge in [-0.3, -0.25) is 0 Å². The van der Waals surface area contributed by atoms with Crippen LogP contribution in [0.15, 0.2) is 84.9 Å². The van der Waals surface area contributed by atoms with Crippen molar-refractivity contribution in [2.24, 2.45) is 0 Å². The number of hydrogen-bond donors (Lipinski definition) is 0. The average Bonchev–Trinajstić information content (AvgIpc) is 2.78. The second-order valence-electron chi connectivity index (χ2n) is 6.98. The van der Waals surface area contributed by atoms with E-state index in [4.69, 9.17) is 0 Å². The van der Waals surface area contributed by atoms with Crippen LogP contribution in [0.4, 0.5) is 0 Å². The Hall–Kier alpha value is -2.60. The van der Waals surface area contributed by atoms with E-state index in [9.17, 15) is 0 Å². The number of allylic oxidation sites excluding steroid dienone is 1. The van der Waals surface area contributed by atoms with E-state index in [1.54, 1.807) is 0 Å². The Labute approximate surface area is 179 Å². The van der Waals surface area contributed by atoms with E-state index in [1.807, 2.05) is 27.7 Å². The highest BCUT2D eigenvalue weighted by Crippen LogP contribution is 2.30. The molecule has 0 spiro atoms. The fraction of sp³-hybridized carbons (Fsp3) is 0.310. The van der Waals surface area contributed by atoms with Crippen molar-refractivity contribution in [2.45, 2.75) is 60.8 Å². The van der Waals surface area contributed by atoms with Gasteiger partial charge < -0.3 is 0 Å². The molecule has 0 aliphatic heterocycles. The SMILES string of the molecule is C=C(Cc1ccc(C)cc1)C(C)c1ccc(-c2ccccc2)c(C)c1.CC.CC. The van der Waals surface area contributed by atoms with Gasteiger partial charge in [0.05, 0.1) is 0 Å². The minimum absolute atomic E-state index is 0.352. The predicted molar refractivity (Wildman–Crippen MR) is 132 cm³/mol. The Morgan fingerprint density at radius 3 is 1.93 bits per heavy atom. The Morgan fingerprint density at radius 2 is 1.38 bits per heavy atom. The Kier molecular flexibility index (Phi) is 10.8. The lowest BCUT2D eigenvalue weighted by molar-refractivity contribution is 0.855. The predicted octanol–water partition coefficient (Wildman–Crippen LogP) is 8.93. The van der Waals surface area contributed by atoms with Crippen molar-refractivity contribution in [3.8, 4) is 11.1 Å². The molecule has 0 saturated carbocycles. The number of rotatable bonds is 5. The minimum Gasteiger partial charge on any atom is -0.0989 e. The quantitative estimate of drug-likeness (QED) is 0.384. The van der Waals surface area contributed by atoms with Crippen LogP contribution < -0.4 is 0 Å². The zero-order valence-corrected chi connectivity index (χ0v) is 19.4. The molecular formula is C29H38. The van der Waals surface area contributed by atoms with Crippen LogP contribution in [0, 0.1) is 13.8 Å². The van der Waals surface area contributed by atoms with Crippen molar-refractivity contribution >= 4 is 0 Å². The van der Waals surface area contributed by atoms with Crippen LogP contribution in [0.5, 0.6) is 0 Å². The number of aryl methyl sites for hydroxylation is 2. The Bertz CT molecular complexity index is 854. The zero-order valence-electron chi connectivity index (χ0n) is 19.4. The largest absolute Gasteiger partial charge is 0.0989 e.